The van der Waals surface area contributed by atoms with Gasteiger partial charge in [0.15, 0.2) is 0 Å². The summed E-state index contributed by atoms with van der Waals surface area (Å²) >= 11 is 1.85. The van der Waals surface area contributed by atoms with Crippen LogP contribution in [-0.2, 0) is 15.1 Å². The predicted octanol–water partition coefficient (Wildman–Crippen LogP) is 3.33. The normalized spacial score (nSPS) is 15.4. The van der Waals surface area contributed by atoms with E-state index in [2.05, 4.69) is 13.8 Å². The van der Waals surface area contributed by atoms with Crippen molar-refractivity contribution in [2.45, 2.75) is 44.4 Å². The molecule has 0 heterocycles. The van der Waals surface area contributed by atoms with Crippen LogP contribution in [0.15, 0.2) is 30.3 Å². The van der Waals surface area contributed by atoms with Crippen molar-refractivity contribution in [3.63, 3.8) is 0 Å². The molecule has 1 rings (SSSR count). The summed E-state index contributed by atoms with van der Waals surface area (Å²) in [5, 5.41) is 0.581. The first kappa shape index (κ1) is 17.1. The van der Waals surface area contributed by atoms with Crippen LogP contribution in [0.3, 0.4) is 0 Å². The maximum absolute atomic E-state index is 12.3. The second-order valence-electron chi connectivity index (χ2n) is 4.90. The maximum Gasteiger partial charge on any atom is 0.330 e. The van der Waals surface area contributed by atoms with Gasteiger partial charge in [-0.3, -0.25) is 0 Å². The van der Waals surface area contributed by atoms with E-state index in [0.717, 1.165) is 17.7 Å². The molecule has 112 valence electrons. The molecule has 0 amide bonds. The van der Waals surface area contributed by atoms with Crippen LogP contribution in [0.5, 0.6) is 0 Å². The number of nitrogens with two attached hydrogens (primary N) is 1. The zero-order chi connectivity index (χ0) is 15.0. The second-order valence-corrected chi connectivity index (χ2v) is 6.44. The Labute approximate surface area is 126 Å². The van der Waals surface area contributed by atoms with Crippen molar-refractivity contribution in [1.29, 1.82) is 0 Å². The zero-order valence-corrected chi connectivity index (χ0v) is 13.4. The Morgan fingerprint density at radius 3 is 2.55 bits per heavy atom. The monoisotopic (exact) mass is 295 g/mol. The molecule has 0 aliphatic heterocycles. The summed E-state index contributed by atoms with van der Waals surface area (Å²) in [5.74, 6) is 0.509. The molecular formula is C16H25NO2S. The maximum atomic E-state index is 12.3. The summed E-state index contributed by atoms with van der Waals surface area (Å²) in [6.07, 6.45) is 1.71. The molecule has 0 spiro atoms. The molecule has 0 aliphatic rings. The Balaban J connectivity index is 2.82. The van der Waals surface area contributed by atoms with Crippen molar-refractivity contribution >= 4 is 17.7 Å². The Hall–Kier alpha value is -1.00. The van der Waals surface area contributed by atoms with Gasteiger partial charge in [-0.1, -0.05) is 44.2 Å². The van der Waals surface area contributed by atoms with Crippen molar-refractivity contribution in [2.75, 3.05) is 12.4 Å². The van der Waals surface area contributed by atoms with Crippen LogP contribution in [-0.4, -0.2) is 23.6 Å². The summed E-state index contributed by atoms with van der Waals surface area (Å²) < 4.78 is 5.17. The quantitative estimate of drug-likeness (QED) is 0.747. The molecule has 1 aromatic carbocycles. The molecule has 0 aromatic heterocycles. The SMILES string of the molecule is CCOC(=O)C(N)(CCSC(C)CC)c1ccccc1. The number of esters is 1. The lowest BCUT2D eigenvalue weighted by atomic mass is 9.88. The minimum Gasteiger partial charge on any atom is -0.464 e. The van der Waals surface area contributed by atoms with Crippen LogP contribution < -0.4 is 5.73 Å². The third kappa shape index (κ3) is 4.53. The molecule has 2 N–H and O–H groups in total. The number of thioether (sulfide) groups is 1. The van der Waals surface area contributed by atoms with E-state index in [1.807, 2.05) is 42.1 Å². The number of ether oxygens (including phenoxy) is 1. The molecule has 0 saturated carbocycles. The highest BCUT2D eigenvalue weighted by Gasteiger charge is 2.37. The molecule has 0 radical (unpaired) electrons. The highest BCUT2D eigenvalue weighted by molar-refractivity contribution is 7.99. The van der Waals surface area contributed by atoms with Gasteiger partial charge >= 0.3 is 5.97 Å². The van der Waals surface area contributed by atoms with E-state index < -0.39 is 5.54 Å². The summed E-state index contributed by atoms with van der Waals surface area (Å²) in [6.45, 7) is 6.51. The standard InChI is InChI=1S/C16H25NO2S/c1-4-13(3)20-12-11-16(17,15(18)19-5-2)14-9-7-6-8-10-14/h6-10,13H,4-5,11-12,17H2,1-3H3. The fourth-order valence-electron chi connectivity index (χ4n) is 1.90. The number of hydrogen-bond acceptors (Lipinski definition) is 4. The largest absolute Gasteiger partial charge is 0.464 e. The van der Waals surface area contributed by atoms with Gasteiger partial charge in [0.1, 0.15) is 5.54 Å². The van der Waals surface area contributed by atoms with E-state index in [1.54, 1.807) is 6.92 Å². The average molecular weight is 295 g/mol. The van der Waals surface area contributed by atoms with Crippen molar-refractivity contribution in [2.24, 2.45) is 5.73 Å². The highest BCUT2D eigenvalue weighted by atomic mass is 32.2. The van der Waals surface area contributed by atoms with Crippen LogP contribution in [0.1, 0.15) is 39.2 Å². The van der Waals surface area contributed by atoms with Crippen molar-refractivity contribution in [3.8, 4) is 0 Å². The van der Waals surface area contributed by atoms with Gasteiger partial charge in [-0.05, 0) is 31.1 Å². The number of hydrogen-bond donors (Lipinski definition) is 1. The van der Waals surface area contributed by atoms with Crippen LogP contribution in [0.2, 0.25) is 0 Å². The van der Waals surface area contributed by atoms with Gasteiger partial charge in [-0.15, -0.1) is 0 Å². The average Bonchev–Trinajstić information content (AvgIpc) is 2.47. The van der Waals surface area contributed by atoms with Crippen LogP contribution >= 0.6 is 11.8 Å². The highest BCUT2D eigenvalue weighted by Crippen LogP contribution is 2.27. The van der Waals surface area contributed by atoms with Crippen molar-refractivity contribution in [1.82, 2.24) is 0 Å². The number of carbonyl (C=O) groups is 1. The van der Waals surface area contributed by atoms with E-state index in [-0.39, 0.29) is 5.97 Å². The molecule has 0 saturated heterocycles. The molecule has 0 aliphatic carbocycles. The van der Waals surface area contributed by atoms with Crippen LogP contribution in [0.4, 0.5) is 0 Å². The zero-order valence-electron chi connectivity index (χ0n) is 12.6. The minimum absolute atomic E-state index is 0.337. The first-order chi connectivity index (χ1) is 9.54. The molecule has 2 atom stereocenters. The van der Waals surface area contributed by atoms with Gasteiger partial charge in [-0.25, -0.2) is 4.79 Å². The smallest absolute Gasteiger partial charge is 0.330 e. The first-order valence-corrected chi connectivity index (χ1v) is 8.22. The lowest BCUT2D eigenvalue weighted by molar-refractivity contribution is -0.150. The van der Waals surface area contributed by atoms with E-state index in [0.29, 0.717) is 18.3 Å². The topological polar surface area (TPSA) is 52.3 Å². The summed E-state index contributed by atoms with van der Waals surface area (Å²) in [5.41, 5.74) is 6.17. The first-order valence-electron chi connectivity index (χ1n) is 7.17. The molecule has 1 aromatic rings. The summed E-state index contributed by atoms with van der Waals surface area (Å²) in [7, 11) is 0. The van der Waals surface area contributed by atoms with Gasteiger partial charge in [0, 0.05) is 5.25 Å². The second kappa shape index (κ2) is 8.32. The van der Waals surface area contributed by atoms with E-state index in [4.69, 9.17) is 10.5 Å². The molecule has 2 unspecified atom stereocenters. The van der Waals surface area contributed by atoms with E-state index >= 15 is 0 Å². The lowest BCUT2D eigenvalue weighted by Gasteiger charge is -2.28. The van der Waals surface area contributed by atoms with Gasteiger partial charge in [-0.2, -0.15) is 11.8 Å². The molecule has 3 nitrogen and oxygen atoms in total. The van der Waals surface area contributed by atoms with Crippen LogP contribution in [0, 0.1) is 0 Å². The molecule has 4 heteroatoms. The lowest BCUT2D eigenvalue weighted by Crippen LogP contribution is -2.46. The van der Waals surface area contributed by atoms with Gasteiger partial charge < -0.3 is 10.5 Å². The molecule has 0 bridgehead atoms. The Morgan fingerprint density at radius 1 is 1.35 bits per heavy atom. The minimum atomic E-state index is -1.04. The predicted molar refractivity (Wildman–Crippen MR) is 85.8 cm³/mol. The van der Waals surface area contributed by atoms with Gasteiger partial charge in [0.05, 0.1) is 6.61 Å². The Morgan fingerprint density at radius 2 is 2.00 bits per heavy atom. The third-order valence-electron chi connectivity index (χ3n) is 3.40. The third-order valence-corrected chi connectivity index (χ3v) is 4.74. The van der Waals surface area contributed by atoms with Crippen molar-refractivity contribution < 1.29 is 9.53 Å². The van der Waals surface area contributed by atoms with E-state index in [9.17, 15) is 4.79 Å². The number of rotatable bonds is 8. The Kier molecular flexibility index (Phi) is 7.10. The fourth-order valence-corrected chi connectivity index (χ4v) is 2.98. The van der Waals surface area contributed by atoms with Crippen molar-refractivity contribution in [3.05, 3.63) is 35.9 Å². The van der Waals surface area contributed by atoms with Gasteiger partial charge in [0.2, 0.25) is 0 Å². The molecular weight excluding hydrogens is 270 g/mol. The number of carbonyl (C=O) groups excluding carboxylic acids is 1. The Bertz CT molecular complexity index is 410. The van der Waals surface area contributed by atoms with Gasteiger partial charge in [0.25, 0.3) is 0 Å². The summed E-state index contributed by atoms with van der Waals surface area (Å²) in [4.78, 5) is 12.3. The molecule has 20 heavy (non-hydrogen) atoms. The van der Waals surface area contributed by atoms with E-state index in [1.165, 1.54) is 0 Å². The number of benzene rings is 1. The van der Waals surface area contributed by atoms with Crippen LogP contribution in [0.25, 0.3) is 0 Å². The fraction of sp³-hybridized carbons (Fsp3) is 0.562. The molecule has 0 fully saturated rings. The summed E-state index contributed by atoms with van der Waals surface area (Å²) in [6, 6.07) is 9.51.